The molecule has 0 bridgehead atoms. The first-order valence-corrected chi connectivity index (χ1v) is 8.50. The van der Waals surface area contributed by atoms with Gasteiger partial charge in [0.25, 0.3) is 0 Å². The average molecular weight is 286 g/mol. The minimum atomic E-state index is -0.111. The van der Waals surface area contributed by atoms with Crippen molar-refractivity contribution in [2.45, 2.75) is 58.0 Å². The molecule has 0 aromatic heterocycles. The third-order valence-electron chi connectivity index (χ3n) is 6.98. The molecular formula is C19H26O2. The number of phenols is 1. The van der Waals surface area contributed by atoms with Crippen molar-refractivity contribution >= 4 is 0 Å². The number of aromatic hydroxyl groups is 1. The van der Waals surface area contributed by atoms with E-state index in [0.29, 0.717) is 29.4 Å². The molecule has 1 aromatic rings. The van der Waals surface area contributed by atoms with E-state index in [2.05, 4.69) is 19.9 Å². The Hall–Kier alpha value is -1.02. The summed E-state index contributed by atoms with van der Waals surface area (Å²) in [6.45, 7) is 4.67. The van der Waals surface area contributed by atoms with Crippen LogP contribution in [0.25, 0.3) is 0 Å². The lowest BCUT2D eigenvalue weighted by Crippen LogP contribution is -2.45. The van der Waals surface area contributed by atoms with Crippen molar-refractivity contribution < 1.29 is 10.2 Å². The van der Waals surface area contributed by atoms with Crippen LogP contribution >= 0.6 is 0 Å². The van der Waals surface area contributed by atoms with Crippen molar-refractivity contribution in [2.75, 3.05) is 0 Å². The summed E-state index contributed by atoms with van der Waals surface area (Å²) in [6, 6.07) is 5.97. The van der Waals surface area contributed by atoms with Gasteiger partial charge in [0, 0.05) is 0 Å². The number of hydrogen-bond acceptors (Lipinski definition) is 2. The van der Waals surface area contributed by atoms with Crippen molar-refractivity contribution in [3.63, 3.8) is 0 Å². The molecule has 2 saturated carbocycles. The molecular weight excluding hydrogens is 260 g/mol. The minimum Gasteiger partial charge on any atom is -0.508 e. The van der Waals surface area contributed by atoms with Crippen LogP contribution in [-0.4, -0.2) is 16.3 Å². The van der Waals surface area contributed by atoms with Gasteiger partial charge >= 0.3 is 0 Å². The highest BCUT2D eigenvalue weighted by atomic mass is 16.3. The summed E-state index contributed by atoms with van der Waals surface area (Å²) >= 11 is 0. The van der Waals surface area contributed by atoms with E-state index in [1.807, 2.05) is 12.1 Å². The summed E-state index contributed by atoms with van der Waals surface area (Å²) in [5.41, 5.74) is 2.96. The standard InChI is InChI=1S/C19H26O2/c1-11-9-17(21)19(2)8-7-15-14-6-4-13(20)10-12(14)3-5-16(15)18(11)19/h4,6,10-11,15-18,20-21H,3,5,7-9H2,1-2H3/t11-,15?,16?,17-,18?,19+/m0/s1. The van der Waals surface area contributed by atoms with Gasteiger partial charge in [0.15, 0.2) is 0 Å². The lowest BCUT2D eigenvalue weighted by Gasteiger charge is -2.51. The van der Waals surface area contributed by atoms with Gasteiger partial charge in [-0.25, -0.2) is 0 Å². The molecule has 0 amide bonds. The van der Waals surface area contributed by atoms with Gasteiger partial charge in [-0.3, -0.25) is 0 Å². The van der Waals surface area contributed by atoms with Gasteiger partial charge in [-0.15, -0.1) is 0 Å². The Labute approximate surface area is 127 Å². The first kappa shape index (κ1) is 13.6. The Balaban J connectivity index is 1.73. The van der Waals surface area contributed by atoms with E-state index in [4.69, 9.17) is 0 Å². The molecule has 1 aromatic carbocycles. The van der Waals surface area contributed by atoms with Crippen LogP contribution in [0.2, 0.25) is 0 Å². The van der Waals surface area contributed by atoms with E-state index in [-0.39, 0.29) is 11.5 Å². The molecule has 3 aliphatic carbocycles. The highest BCUT2D eigenvalue weighted by Crippen LogP contribution is 2.62. The zero-order valence-electron chi connectivity index (χ0n) is 13.0. The smallest absolute Gasteiger partial charge is 0.115 e. The SMILES string of the molecule is C[C@H]1C[C@H](O)[C@@]2(C)CCC3c4ccc(O)cc4CCC3C12. The summed E-state index contributed by atoms with van der Waals surface area (Å²) in [5.74, 6) is 3.05. The van der Waals surface area contributed by atoms with Crippen LogP contribution in [0.1, 0.15) is 56.6 Å². The number of benzene rings is 1. The zero-order chi connectivity index (χ0) is 14.8. The van der Waals surface area contributed by atoms with Crippen LogP contribution < -0.4 is 0 Å². The monoisotopic (exact) mass is 286 g/mol. The number of aliphatic hydroxyl groups is 1. The molecule has 4 rings (SSSR count). The molecule has 3 unspecified atom stereocenters. The fourth-order valence-corrected chi connectivity index (χ4v) is 6.07. The fourth-order valence-electron chi connectivity index (χ4n) is 6.07. The average Bonchev–Trinajstić information content (AvgIpc) is 2.68. The number of aliphatic hydroxyl groups excluding tert-OH is 1. The first-order chi connectivity index (χ1) is 10.0. The summed E-state index contributed by atoms with van der Waals surface area (Å²) in [6.07, 6.45) is 5.51. The largest absolute Gasteiger partial charge is 0.508 e. The summed E-state index contributed by atoms with van der Waals surface area (Å²) in [4.78, 5) is 0. The molecule has 2 heteroatoms. The van der Waals surface area contributed by atoms with Crippen molar-refractivity contribution in [3.05, 3.63) is 29.3 Å². The van der Waals surface area contributed by atoms with Gasteiger partial charge < -0.3 is 10.2 Å². The van der Waals surface area contributed by atoms with Crippen LogP contribution in [0.3, 0.4) is 0 Å². The lowest BCUT2D eigenvalue weighted by molar-refractivity contribution is -0.0286. The quantitative estimate of drug-likeness (QED) is 0.760. The molecule has 3 aliphatic rings. The summed E-state index contributed by atoms with van der Waals surface area (Å²) < 4.78 is 0. The predicted octanol–water partition coefficient (Wildman–Crippen LogP) is 3.86. The van der Waals surface area contributed by atoms with Crippen molar-refractivity contribution in [3.8, 4) is 5.75 Å². The van der Waals surface area contributed by atoms with E-state index < -0.39 is 0 Å². The molecule has 0 saturated heterocycles. The van der Waals surface area contributed by atoms with Gasteiger partial charge in [-0.05, 0) is 84.5 Å². The Bertz CT molecular complexity index is 567. The molecule has 0 heterocycles. The minimum absolute atomic E-state index is 0.111. The zero-order valence-corrected chi connectivity index (χ0v) is 13.0. The Kier molecular flexibility index (Phi) is 2.91. The number of rotatable bonds is 0. The van der Waals surface area contributed by atoms with Crippen LogP contribution in [0, 0.1) is 23.2 Å². The second kappa shape index (κ2) is 4.49. The fraction of sp³-hybridized carbons (Fsp3) is 0.684. The summed E-state index contributed by atoms with van der Waals surface area (Å²) in [7, 11) is 0. The van der Waals surface area contributed by atoms with Gasteiger partial charge in [0.05, 0.1) is 6.10 Å². The number of fused-ring (bicyclic) bond motifs is 5. The van der Waals surface area contributed by atoms with E-state index in [9.17, 15) is 10.2 Å². The van der Waals surface area contributed by atoms with E-state index in [1.165, 1.54) is 24.0 Å². The second-order valence-electron chi connectivity index (χ2n) is 7.99. The predicted molar refractivity (Wildman–Crippen MR) is 83.3 cm³/mol. The third kappa shape index (κ3) is 1.81. The van der Waals surface area contributed by atoms with Gasteiger partial charge in [0.1, 0.15) is 5.75 Å². The van der Waals surface area contributed by atoms with Gasteiger partial charge in [0.2, 0.25) is 0 Å². The maximum Gasteiger partial charge on any atom is 0.115 e. The molecule has 0 spiro atoms. The van der Waals surface area contributed by atoms with Crippen molar-refractivity contribution in [2.24, 2.45) is 23.2 Å². The van der Waals surface area contributed by atoms with E-state index in [1.54, 1.807) is 0 Å². The highest BCUT2D eigenvalue weighted by Gasteiger charge is 2.57. The topological polar surface area (TPSA) is 40.5 Å². The van der Waals surface area contributed by atoms with E-state index in [0.717, 1.165) is 19.3 Å². The molecule has 114 valence electrons. The number of aryl methyl sites for hydroxylation is 1. The lowest BCUT2D eigenvalue weighted by atomic mass is 9.54. The molecule has 2 fully saturated rings. The van der Waals surface area contributed by atoms with Gasteiger partial charge in [-0.1, -0.05) is 19.9 Å². The maximum absolute atomic E-state index is 10.5. The Morgan fingerprint density at radius 2 is 2.05 bits per heavy atom. The summed E-state index contributed by atoms with van der Waals surface area (Å²) in [5, 5.41) is 20.3. The molecule has 2 nitrogen and oxygen atoms in total. The van der Waals surface area contributed by atoms with Crippen molar-refractivity contribution in [1.82, 2.24) is 0 Å². The molecule has 0 radical (unpaired) electrons. The number of phenolic OH excluding ortho intramolecular Hbond substituents is 1. The van der Waals surface area contributed by atoms with Crippen molar-refractivity contribution in [1.29, 1.82) is 0 Å². The third-order valence-corrected chi connectivity index (χ3v) is 6.98. The highest BCUT2D eigenvalue weighted by molar-refractivity contribution is 5.40. The number of hydrogen-bond donors (Lipinski definition) is 2. The van der Waals surface area contributed by atoms with Crippen LogP contribution in [0.4, 0.5) is 0 Å². The maximum atomic E-state index is 10.5. The Morgan fingerprint density at radius 3 is 2.86 bits per heavy atom. The van der Waals surface area contributed by atoms with Crippen LogP contribution in [0.15, 0.2) is 18.2 Å². The first-order valence-electron chi connectivity index (χ1n) is 8.50. The normalized spacial score (nSPS) is 44.8. The molecule has 6 atom stereocenters. The molecule has 21 heavy (non-hydrogen) atoms. The van der Waals surface area contributed by atoms with Crippen LogP contribution in [-0.2, 0) is 6.42 Å². The van der Waals surface area contributed by atoms with Crippen LogP contribution in [0.5, 0.6) is 5.75 Å². The van der Waals surface area contributed by atoms with E-state index >= 15 is 0 Å². The van der Waals surface area contributed by atoms with Gasteiger partial charge in [-0.2, -0.15) is 0 Å². The molecule has 2 N–H and O–H groups in total. The Morgan fingerprint density at radius 1 is 1.24 bits per heavy atom. The molecule has 0 aliphatic heterocycles. The second-order valence-corrected chi connectivity index (χ2v) is 7.99.